The highest BCUT2D eigenvalue weighted by Crippen LogP contribution is 2.31. The summed E-state index contributed by atoms with van der Waals surface area (Å²) >= 11 is 6.17. The fourth-order valence-electron chi connectivity index (χ4n) is 3.43. The first-order chi connectivity index (χ1) is 17.3. The van der Waals surface area contributed by atoms with Crippen LogP contribution in [-0.4, -0.2) is 29.9 Å². The van der Waals surface area contributed by atoms with Crippen LogP contribution in [0.3, 0.4) is 0 Å². The summed E-state index contributed by atoms with van der Waals surface area (Å²) in [4.78, 5) is 49.4. The number of hydrogen-bond acceptors (Lipinski definition) is 7. The van der Waals surface area contributed by atoms with E-state index in [1.807, 2.05) is 0 Å². The number of carbonyl (C=O) groups is 3. The Labute approximate surface area is 209 Å². The number of nitro benzene ring substituents is 1. The molecule has 182 valence electrons. The lowest BCUT2D eigenvalue weighted by Crippen LogP contribution is -2.54. The van der Waals surface area contributed by atoms with E-state index in [-0.39, 0.29) is 34.3 Å². The third-order valence-corrected chi connectivity index (χ3v) is 5.58. The minimum Gasteiger partial charge on any atom is -0.497 e. The largest absolute Gasteiger partial charge is 0.497 e. The molecule has 0 atom stereocenters. The van der Waals surface area contributed by atoms with Crippen LogP contribution in [0.15, 0.2) is 72.3 Å². The Balaban J connectivity index is 1.66. The summed E-state index contributed by atoms with van der Waals surface area (Å²) in [5.41, 5.74) is 0.794. The van der Waals surface area contributed by atoms with Crippen molar-refractivity contribution in [1.29, 1.82) is 0 Å². The molecule has 1 fully saturated rings. The Morgan fingerprint density at radius 3 is 2.44 bits per heavy atom. The van der Waals surface area contributed by atoms with Crippen LogP contribution in [0.5, 0.6) is 11.5 Å². The number of anilines is 1. The lowest BCUT2D eigenvalue weighted by Gasteiger charge is -2.27. The molecule has 0 unspecified atom stereocenters. The Morgan fingerprint density at radius 2 is 1.78 bits per heavy atom. The highest BCUT2D eigenvalue weighted by molar-refractivity contribution is 6.42. The van der Waals surface area contributed by atoms with Crippen LogP contribution >= 0.6 is 11.6 Å². The number of nitrogens with zero attached hydrogens (tertiary/aromatic N) is 2. The lowest BCUT2D eigenvalue weighted by molar-refractivity contribution is -0.384. The number of nitro groups is 1. The monoisotopic (exact) mass is 507 g/mol. The molecule has 0 radical (unpaired) electrons. The summed E-state index contributed by atoms with van der Waals surface area (Å²) in [7, 11) is 1.47. The molecule has 0 saturated carbocycles. The number of para-hydroxylation sites is 1. The second-order valence-electron chi connectivity index (χ2n) is 7.53. The van der Waals surface area contributed by atoms with E-state index in [1.54, 1.807) is 42.5 Å². The zero-order valence-electron chi connectivity index (χ0n) is 18.8. The van der Waals surface area contributed by atoms with Crippen molar-refractivity contribution in [3.8, 4) is 11.5 Å². The summed E-state index contributed by atoms with van der Waals surface area (Å²) in [6.45, 7) is 0.0473. The van der Waals surface area contributed by atoms with E-state index in [2.05, 4.69) is 5.32 Å². The van der Waals surface area contributed by atoms with Crippen molar-refractivity contribution in [1.82, 2.24) is 5.32 Å². The first-order valence-electron chi connectivity index (χ1n) is 10.5. The van der Waals surface area contributed by atoms with Gasteiger partial charge in [0.15, 0.2) is 0 Å². The number of nitrogens with one attached hydrogen (secondary N) is 1. The third-order valence-electron chi connectivity index (χ3n) is 5.26. The van der Waals surface area contributed by atoms with Gasteiger partial charge >= 0.3 is 6.03 Å². The number of rotatable bonds is 7. The van der Waals surface area contributed by atoms with Crippen molar-refractivity contribution in [2.24, 2.45) is 0 Å². The van der Waals surface area contributed by atoms with Gasteiger partial charge in [0.2, 0.25) is 0 Å². The summed E-state index contributed by atoms with van der Waals surface area (Å²) in [6, 6.07) is 16.0. The van der Waals surface area contributed by atoms with Crippen LogP contribution in [0.4, 0.5) is 16.2 Å². The maximum absolute atomic E-state index is 13.2. The van der Waals surface area contributed by atoms with Crippen LogP contribution in [0.25, 0.3) is 6.08 Å². The van der Waals surface area contributed by atoms with Gasteiger partial charge in [-0.25, -0.2) is 9.69 Å². The van der Waals surface area contributed by atoms with E-state index in [9.17, 15) is 24.5 Å². The number of benzene rings is 3. The topological polar surface area (TPSA) is 128 Å². The van der Waals surface area contributed by atoms with Crippen molar-refractivity contribution in [3.63, 3.8) is 0 Å². The Bertz CT molecular complexity index is 1400. The number of methoxy groups -OCH3 is 1. The molecule has 4 amide bonds. The van der Waals surface area contributed by atoms with Crippen molar-refractivity contribution >= 4 is 46.9 Å². The minimum absolute atomic E-state index is 0.0473. The van der Waals surface area contributed by atoms with Crippen LogP contribution in [-0.2, 0) is 16.2 Å². The van der Waals surface area contributed by atoms with Crippen molar-refractivity contribution < 1.29 is 28.8 Å². The molecule has 3 aromatic carbocycles. The van der Waals surface area contributed by atoms with Gasteiger partial charge in [-0.05, 0) is 48.0 Å². The van der Waals surface area contributed by atoms with E-state index in [1.165, 1.54) is 37.5 Å². The van der Waals surface area contributed by atoms with E-state index in [4.69, 9.17) is 21.1 Å². The molecule has 1 aliphatic heterocycles. The van der Waals surface area contributed by atoms with Crippen molar-refractivity contribution in [3.05, 3.63) is 98.6 Å². The maximum atomic E-state index is 13.2. The highest BCUT2D eigenvalue weighted by Gasteiger charge is 2.37. The lowest BCUT2D eigenvalue weighted by atomic mass is 10.1. The van der Waals surface area contributed by atoms with Gasteiger partial charge in [-0.1, -0.05) is 23.7 Å². The summed E-state index contributed by atoms with van der Waals surface area (Å²) in [5, 5.41) is 13.2. The molecule has 1 heterocycles. The van der Waals surface area contributed by atoms with Gasteiger partial charge in [0, 0.05) is 23.8 Å². The predicted molar refractivity (Wildman–Crippen MR) is 131 cm³/mol. The van der Waals surface area contributed by atoms with Gasteiger partial charge in [0.25, 0.3) is 17.5 Å². The van der Waals surface area contributed by atoms with Crippen LogP contribution in [0.1, 0.15) is 11.1 Å². The van der Waals surface area contributed by atoms with Gasteiger partial charge in [-0.15, -0.1) is 0 Å². The van der Waals surface area contributed by atoms with Gasteiger partial charge in [0.05, 0.1) is 22.7 Å². The average molecular weight is 508 g/mol. The number of hydrogen-bond donors (Lipinski definition) is 1. The number of amides is 4. The quantitative estimate of drug-likeness (QED) is 0.216. The fourth-order valence-corrected chi connectivity index (χ4v) is 3.65. The van der Waals surface area contributed by atoms with Gasteiger partial charge < -0.3 is 9.47 Å². The SMILES string of the molecule is COc1ccc(/C=C2\C(=O)NC(=O)N(c3ccccc3Cl)C2=O)c(OCc2ccc([N+](=O)[O-])cc2)c1. The second-order valence-corrected chi connectivity index (χ2v) is 7.93. The van der Waals surface area contributed by atoms with Gasteiger partial charge in [-0.3, -0.25) is 25.0 Å². The smallest absolute Gasteiger partial charge is 0.335 e. The van der Waals surface area contributed by atoms with Gasteiger partial charge in [0.1, 0.15) is 23.7 Å². The third kappa shape index (κ3) is 5.03. The molecule has 0 spiro atoms. The fraction of sp³-hybridized carbons (Fsp3) is 0.0800. The van der Waals surface area contributed by atoms with E-state index < -0.39 is 22.8 Å². The van der Waals surface area contributed by atoms with Crippen molar-refractivity contribution in [2.45, 2.75) is 6.61 Å². The Hall–Kier alpha value is -4.70. The Morgan fingerprint density at radius 1 is 1.06 bits per heavy atom. The standard InChI is InChI=1S/C25H18ClN3O7/c1-35-18-11-8-16(22(13-18)36-14-15-6-9-17(10-7-15)29(33)34)12-19-23(30)27-25(32)28(24(19)31)21-5-3-2-4-20(21)26/h2-13H,14H2,1H3,(H,27,30,32)/b19-12+. The molecule has 4 rings (SSSR count). The van der Waals surface area contributed by atoms with Gasteiger partial charge in [-0.2, -0.15) is 0 Å². The molecule has 36 heavy (non-hydrogen) atoms. The molecule has 10 nitrogen and oxygen atoms in total. The summed E-state index contributed by atoms with van der Waals surface area (Å²) in [6.07, 6.45) is 1.30. The van der Waals surface area contributed by atoms with Crippen molar-refractivity contribution in [2.75, 3.05) is 12.0 Å². The number of ether oxygens (including phenoxy) is 2. The second kappa shape index (κ2) is 10.3. The first-order valence-corrected chi connectivity index (χ1v) is 10.9. The number of barbiturate groups is 1. The molecule has 0 aliphatic carbocycles. The molecule has 0 aromatic heterocycles. The number of carbonyl (C=O) groups excluding carboxylic acids is 3. The average Bonchev–Trinajstić information content (AvgIpc) is 2.87. The predicted octanol–water partition coefficient (Wildman–Crippen LogP) is 4.50. The maximum Gasteiger partial charge on any atom is 0.335 e. The Kier molecular flexibility index (Phi) is 6.98. The first kappa shape index (κ1) is 24.4. The number of non-ortho nitro benzene ring substituents is 1. The van der Waals surface area contributed by atoms with E-state index >= 15 is 0 Å². The zero-order valence-corrected chi connectivity index (χ0v) is 19.5. The molecule has 1 aliphatic rings. The summed E-state index contributed by atoms with van der Waals surface area (Å²) in [5.74, 6) is -0.982. The number of imide groups is 2. The number of urea groups is 1. The normalized spacial score (nSPS) is 14.6. The minimum atomic E-state index is -0.917. The molecule has 1 saturated heterocycles. The van der Waals surface area contributed by atoms with Crippen LogP contribution in [0, 0.1) is 10.1 Å². The summed E-state index contributed by atoms with van der Waals surface area (Å²) < 4.78 is 11.1. The zero-order chi connectivity index (χ0) is 25.8. The molecule has 1 N–H and O–H groups in total. The highest BCUT2D eigenvalue weighted by atomic mass is 35.5. The molecule has 11 heteroatoms. The molecular formula is C25H18ClN3O7. The van der Waals surface area contributed by atoms with E-state index in [0.29, 0.717) is 16.9 Å². The molecule has 3 aromatic rings. The number of halogens is 1. The molecular weight excluding hydrogens is 490 g/mol. The van der Waals surface area contributed by atoms with Crippen LogP contribution in [0.2, 0.25) is 5.02 Å². The van der Waals surface area contributed by atoms with Crippen LogP contribution < -0.4 is 19.7 Å². The molecule has 0 bridgehead atoms. The van der Waals surface area contributed by atoms with E-state index in [0.717, 1.165) is 4.90 Å².